The minimum Gasteiger partial charge on any atom is -0.382 e. The second kappa shape index (κ2) is 9.88. The highest BCUT2D eigenvalue weighted by molar-refractivity contribution is 7.92. The molecule has 0 aliphatic carbocycles. The van der Waals surface area contributed by atoms with E-state index in [-0.39, 0.29) is 11.9 Å². The molecule has 1 saturated heterocycles. The standard InChI is InChI=1S/C19H22ClFN6O2S/c1-28-5-6-29-30-27-4-2-3-13(11-27)25-19-16(21)10-24-18(26-19)15-9-23-17-14(15)7-12(20)8-22-17/h7-10,13H,2-6,11H2,1H3,(H,22,23)(H,24,25,26). The van der Waals surface area contributed by atoms with Gasteiger partial charge < -0.3 is 15.0 Å². The van der Waals surface area contributed by atoms with Crippen LogP contribution in [-0.2, 0) is 8.92 Å². The van der Waals surface area contributed by atoms with E-state index in [1.54, 1.807) is 25.6 Å². The second-order valence-corrected chi connectivity index (χ2v) is 8.24. The quantitative estimate of drug-likeness (QED) is 0.302. The van der Waals surface area contributed by atoms with Crippen LogP contribution in [0.15, 0.2) is 24.7 Å². The average molecular weight is 453 g/mol. The van der Waals surface area contributed by atoms with Crippen LogP contribution in [0.3, 0.4) is 0 Å². The summed E-state index contributed by atoms with van der Waals surface area (Å²) in [6.07, 6.45) is 6.39. The maximum Gasteiger partial charge on any atom is 0.183 e. The summed E-state index contributed by atoms with van der Waals surface area (Å²) >= 11 is 7.40. The number of nitrogens with zero attached hydrogens (tertiary/aromatic N) is 4. The lowest BCUT2D eigenvalue weighted by Crippen LogP contribution is -2.39. The van der Waals surface area contributed by atoms with Crippen molar-refractivity contribution >= 4 is 40.7 Å². The van der Waals surface area contributed by atoms with Crippen LogP contribution in [0.5, 0.6) is 0 Å². The van der Waals surface area contributed by atoms with Crippen LogP contribution >= 0.6 is 23.8 Å². The summed E-state index contributed by atoms with van der Waals surface area (Å²) in [6, 6.07) is 1.84. The number of fused-ring (bicyclic) bond motifs is 1. The molecule has 0 bridgehead atoms. The fraction of sp³-hybridized carbons (Fsp3) is 0.421. The first-order valence-corrected chi connectivity index (χ1v) is 10.7. The van der Waals surface area contributed by atoms with Gasteiger partial charge in [0.15, 0.2) is 17.5 Å². The number of methoxy groups -OCH3 is 1. The Hall–Kier alpha value is -1.98. The second-order valence-electron chi connectivity index (χ2n) is 6.90. The highest BCUT2D eigenvalue weighted by Crippen LogP contribution is 2.29. The molecule has 0 amide bonds. The number of aromatic nitrogens is 4. The third-order valence-corrected chi connectivity index (χ3v) is 5.76. The molecule has 0 radical (unpaired) electrons. The number of pyridine rings is 1. The highest BCUT2D eigenvalue weighted by atomic mass is 35.5. The normalized spacial score (nSPS) is 17.5. The maximum atomic E-state index is 14.4. The van der Waals surface area contributed by atoms with E-state index >= 15 is 0 Å². The first-order chi connectivity index (χ1) is 14.6. The summed E-state index contributed by atoms with van der Waals surface area (Å²) < 4.78 is 27.1. The molecule has 4 heterocycles. The Balaban J connectivity index is 1.47. The molecule has 1 fully saturated rings. The number of nitrogens with one attached hydrogen (secondary N) is 2. The van der Waals surface area contributed by atoms with Gasteiger partial charge in [0.1, 0.15) is 5.65 Å². The maximum absolute atomic E-state index is 14.4. The van der Waals surface area contributed by atoms with Crippen molar-refractivity contribution in [2.75, 3.05) is 38.7 Å². The SMILES string of the molecule is COCCOSN1CCCC(Nc2nc(-c3c[nH]c4ncc(Cl)cc34)ncc2F)C1. The number of aromatic amines is 1. The fourth-order valence-electron chi connectivity index (χ4n) is 3.31. The Morgan fingerprint density at radius 3 is 3.13 bits per heavy atom. The molecule has 11 heteroatoms. The van der Waals surface area contributed by atoms with E-state index in [4.69, 9.17) is 20.5 Å². The molecule has 160 valence electrons. The molecule has 30 heavy (non-hydrogen) atoms. The van der Waals surface area contributed by atoms with Gasteiger partial charge in [0.2, 0.25) is 0 Å². The van der Waals surface area contributed by atoms with Crippen LogP contribution in [0.25, 0.3) is 22.4 Å². The first-order valence-electron chi connectivity index (χ1n) is 9.59. The van der Waals surface area contributed by atoms with Crippen molar-refractivity contribution in [3.05, 3.63) is 35.5 Å². The van der Waals surface area contributed by atoms with Crippen LogP contribution in [0.2, 0.25) is 5.02 Å². The van der Waals surface area contributed by atoms with Gasteiger partial charge in [-0.25, -0.2) is 23.6 Å². The van der Waals surface area contributed by atoms with Gasteiger partial charge in [0.05, 0.1) is 36.7 Å². The summed E-state index contributed by atoms with van der Waals surface area (Å²) in [4.78, 5) is 15.9. The first kappa shape index (κ1) is 21.3. The zero-order valence-corrected chi connectivity index (χ0v) is 18.0. The molecule has 1 aliphatic rings. The van der Waals surface area contributed by atoms with E-state index in [9.17, 15) is 4.39 Å². The number of rotatable bonds is 8. The van der Waals surface area contributed by atoms with E-state index in [1.807, 2.05) is 0 Å². The number of ether oxygens (including phenoxy) is 1. The molecule has 8 nitrogen and oxygen atoms in total. The van der Waals surface area contributed by atoms with Crippen LogP contribution in [-0.4, -0.2) is 63.7 Å². The smallest absolute Gasteiger partial charge is 0.183 e. The molecule has 1 atom stereocenters. The molecule has 1 aliphatic heterocycles. The van der Waals surface area contributed by atoms with Gasteiger partial charge >= 0.3 is 0 Å². The largest absolute Gasteiger partial charge is 0.382 e. The Bertz CT molecular complexity index is 1010. The Morgan fingerprint density at radius 2 is 2.27 bits per heavy atom. The summed E-state index contributed by atoms with van der Waals surface area (Å²) in [5, 5.41) is 4.53. The molecular formula is C19H22ClFN6O2S. The summed E-state index contributed by atoms with van der Waals surface area (Å²) in [5.74, 6) is 0.0940. The molecule has 1 unspecified atom stereocenters. The van der Waals surface area contributed by atoms with Crippen molar-refractivity contribution < 1.29 is 13.3 Å². The molecule has 2 N–H and O–H groups in total. The molecule has 0 saturated carbocycles. The summed E-state index contributed by atoms with van der Waals surface area (Å²) in [5.41, 5.74) is 1.39. The lowest BCUT2D eigenvalue weighted by Gasteiger charge is -2.31. The van der Waals surface area contributed by atoms with Gasteiger partial charge in [-0.3, -0.25) is 4.18 Å². The van der Waals surface area contributed by atoms with Crippen molar-refractivity contribution in [3.8, 4) is 11.4 Å². The van der Waals surface area contributed by atoms with Crippen LogP contribution < -0.4 is 5.32 Å². The fourth-order valence-corrected chi connectivity index (χ4v) is 4.21. The number of hydrogen-bond acceptors (Lipinski definition) is 8. The molecule has 0 spiro atoms. The third-order valence-electron chi connectivity index (χ3n) is 4.74. The Morgan fingerprint density at radius 1 is 1.37 bits per heavy atom. The predicted octanol–water partition coefficient (Wildman–Crippen LogP) is 3.91. The van der Waals surface area contributed by atoms with Gasteiger partial charge in [-0.1, -0.05) is 11.6 Å². The van der Waals surface area contributed by atoms with E-state index in [2.05, 4.69) is 29.6 Å². The minimum atomic E-state index is -0.490. The summed E-state index contributed by atoms with van der Waals surface area (Å²) in [7, 11) is 1.64. The zero-order chi connectivity index (χ0) is 20.9. The van der Waals surface area contributed by atoms with Crippen molar-refractivity contribution in [1.82, 2.24) is 24.2 Å². The number of halogens is 2. The van der Waals surface area contributed by atoms with Gasteiger partial charge in [-0.2, -0.15) is 0 Å². The Kier molecular flexibility index (Phi) is 7.00. The van der Waals surface area contributed by atoms with Crippen molar-refractivity contribution in [2.45, 2.75) is 18.9 Å². The monoisotopic (exact) mass is 452 g/mol. The average Bonchev–Trinajstić information content (AvgIpc) is 3.16. The number of hydrogen-bond donors (Lipinski definition) is 2. The van der Waals surface area contributed by atoms with E-state index in [1.165, 1.54) is 18.4 Å². The predicted molar refractivity (Wildman–Crippen MR) is 116 cm³/mol. The van der Waals surface area contributed by atoms with Crippen molar-refractivity contribution in [1.29, 1.82) is 0 Å². The van der Waals surface area contributed by atoms with Crippen LogP contribution in [0.1, 0.15) is 12.8 Å². The molecular weight excluding hydrogens is 431 g/mol. The van der Waals surface area contributed by atoms with Gasteiger partial charge in [0, 0.05) is 49.6 Å². The van der Waals surface area contributed by atoms with E-state index in [0.717, 1.165) is 30.3 Å². The molecule has 3 aromatic heterocycles. The molecule has 0 aromatic carbocycles. The number of piperidine rings is 1. The lowest BCUT2D eigenvalue weighted by atomic mass is 10.1. The Labute approximate surface area is 182 Å². The van der Waals surface area contributed by atoms with Gasteiger partial charge in [0.25, 0.3) is 0 Å². The van der Waals surface area contributed by atoms with Gasteiger partial charge in [-0.05, 0) is 18.9 Å². The topological polar surface area (TPSA) is 88.2 Å². The van der Waals surface area contributed by atoms with Crippen LogP contribution in [0.4, 0.5) is 10.2 Å². The third kappa shape index (κ3) is 5.01. The zero-order valence-electron chi connectivity index (χ0n) is 16.4. The van der Waals surface area contributed by atoms with Crippen molar-refractivity contribution in [3.63, 3.8) is 0 Å². The number of anilines is 1. The van der Waals surface area contributed by atoms with Gasteiger partial charge in [-0.15, -0.1) is 0 Å². The minimum absolute atomic E-state index is 0.0496. The summed E-state index contributed by atoms with van der Waals surface area (Å²) in [6.45, 7) is 2.69. The van der Waals surface area contributed by atoms with E-state index in [0.29, 0.717) is 36.3 Å². The molecule has 3 aromatic rings. The lowest BCUT2D eigenvalue weighted by molar-refractivity contribution is 0.153. The van der Waals surface area contributed by atoms with Crippen molar-refractivity contribution in [2.24, 2.45) is 0 Å². The highest BCUT2D eigenvalue weighted by Gasteiger charge is 2.23. The molecule has 4 rings (SSSR count). The van der Waals surface area contributed by atoms with E-state index < -0.39 is 5.82 Å². The van der Waals surface area contributed by atoms with Crippen LogP contribution in [0, 0.1) is 5.82 Å². The number of H-pyrrole nitrogens is 1.